The van der Waals surface area contributed by atoms with Gasteiger partial charge in [0.05, 0.1) is 5.69 Å². The van der Waals surface area contributed by atoms with Crippen molar-refractivity contribution in [1.82, 2.24) is 14.9 Å². The average Bonchev–Trinajstić information content (AvgIpc) is 2.82. The van der Waals surface area contributed by atoms with Crippen LogP contribution in [0.1, 0.15) is 41.6 Å². The molecule has 0 unspecified atom stereocenters. The van der Waals surface area contributed by atoms with Crippen molar-refractivity contribution in [1.29, 1.82) is 0 Å². The zero-order valence-corrected chi connectivity index (χ0v) is 18.8. The Bertz CT molecular complexity index is 1060. The number of hydrogen-bond donors (Lipinski definition) is 2. The van der Waals surface area contributed by atoms with Gasteiger partial charge in [0.15, 0.2) is 11.6 Å². The molecular formula is C25H29N5O2. The number of aromatic nitrogens is 2. The molecule has 0 atom stereocenters. The summed E-state index contributed by atoms with van der Waals surface area (Å²) in [6.07, 6.45) is 0. The number of carbonyl (C=O) groups excluding carboxylic acids is 2. The van der Waals surface area contributed by atoms with Gasteiger partial charge in [-0.05, 0) is 32.1 Å². The van der Waals surface area contributed by atoms with Gasteiger partial charge in [-0.3, -0.25) is 9.59 Å². The van der Waals surface area contributed by atoms with E-state index in [9.17, 15) is 9.59 Å². The lowest BCUT2D eigenvalue weighted by Crippen LogP contribution is -2.29. The van der Waals surface area contributed by atoms with Crippen LogP contribution in [0.15, 0.2) is 60.7 Å². The second kappa shape index (κ2) is 11.2. The summed E-state index contributed by atoms with van der Waals surface area (Å²) in [6.45, 7) is 9.24. The Morgan fingerprint density at radius 3 is 2.31 bits per heavy atom. The van der Waals surface area contributed by atoms with Gasteiger partial charge in [0.2, 0.25) is 0 Å². The fourth-order valence-electron chi connectivity index (χ4n) is 3.34. The number of nitrogens with one attached hydrogen (secondary N) is 2. The lowest BCUT2D eigenvalue weighted by Gasteiger charge is -2.18. The highest BCUT2D eigenvalue weighted by atomic mass is 16.2. The van der Waals surface area contributed by atoms with E-state index in [1.807, 2.05) is 30.3 Å². The van der Waals surface area contributed by atoms with Crippen molar-refractivity contribution in [3.8, 4) is 11.4 Å². The molecule has 0 aliphatic carbocycles. The molecule has 3 aromatic rings. The number of likely N-dealkylation sites (N-methyl/N-ethyl adjacent to an activating group) is 1. The van der Waals surface area contributed by atoms with Gasteiger partial charge in [-0.1, -0.05) is 56.3 Å². The Morgan fingerprint density at radius 1 is 0.938 bits per heavy atom. The van der Waals surface area contributed by atoms with Crippen LogP contribution in [0.3, 0.4) is 0 Å². The Morgan fingerprint density at radius 2 is 1.62 bits per heavy atom. The quantitative estimate of drug-likeness (QED) is 0.464. The van der Waals surface area contributed by atoms with Crippen molar-refractivity contribution in [2.24, 2.45) is 0 Å². The molecule has 0 fully saturated rings. The maximum Gasteiger partial charge on any atom is 0.274 e. The minimum absolute atomic E-state index is 0.118. The van der Waals surface area contributed by atoms with E-state index in [1.54, 1.807) is 30.3 Å². The highest BCUT2D eigenvalue weighted by Crippen LogP contribution is 2.20. The monoisotopic (exact) mass is 431 g/mol. The Hall–Kier alpha value is -3.58. The third-order valence-corrected chi connectivity index (χ3v) is 5.17. The van der Waals surface area contributed by atoms with Crippen molar-refractivity contribution < 1.29 is 9.59 Å². The first-order chi connectivity index (χ1) is 15.5. The molecule has 1 amide bonds. The van der Waals surface area contributed by atoms with E-state index in [2.05, 4.69) is 39.3 Å². The third-order valence-electron chi connectivity index (χ3n) is 5.17. The van der Waals surface area contributed by atoms with Crippen molar-refractivity contribution in [2.45, 2.75) is 20.8 Å². The lowest BCUT2D eigenvalue weighted by atomic mass is 10.1. The SMILES string of the molecule is CCN(CC)CCNc1cc(C(=O)Nc2ccccc2C(C)=O)nc(-c2ccccc2)n1. The highest BCUT2D eigenvalue weighted by Gasteiger charge is 2.16. The zero-order chi connectivity index (χ0) is 22.9. The fraction of sp³-hybridized carbons (Fsp3) is 0.280. The van der Waals surface area contributed by atoms with Crippen LogP contribution in [-0.4, -0.2) is 52.7 Å². The van der Waals surface area contributed by atoms with Gasteiger partial charge >= 0.3 is 0 Å². The average molecular weight is 432 g/mol. The van der Waals surface area contributed by atoms with E-state index >= 15 is 0 Å². The second-order valence-corrected chi connectivity index (χ2v) is 7.34. The van der Waals surface area contributed by atoms with E-state index in [4.69, 9.17) is 0 Å². The summed E-state index contributed by atoms with van der Waals surface area (Å²) in [5.41, 5.74) is 1.96. The molecule has 0 spiro atoms. The van der Waals surface area contributed by atoms with Crippen molar-refractivity contribution >= 4 is 23.2 Å². The smallest absolute Gasteiger partial charge is 0.274 e. The first-order valence-electron chi connectivity index (χ1n) is 10.8. The van der Waals surface area contributed by atoms with E-state index in [0.29, 0.717) is 29.4 Å². The minimum Gasteiger partial charge on any atom is -0.369 e. The first kappa shape index (κ1) is 23.1. The molecule has 7 heteroatoms. The van der Waals surface area contributed by atoms with Gasteiger partial charge in [0, 0.05) is 30.3 Å². The molecule has 0 radical (unpaired) electrons. The summed E-state index contributed by atoms with van der Waals surface area (Å²) in [4.78, 5) is 36.4. The zero-order valence-electron chi connectivity index (χ0n) is 18.8. The summed E-state index contributed by atoms with van der Waals surface area (Å²) in [7, 11) is 0. The highest BCUT2D eigenvalue weighted by molar-refractivity contribution is 6.08. The number of para-hydroxylation sites is 1. The van der Waals surface area contributed by atoms with Crippen molar-refractivity contribution in [3.63, 3.8) is 0 Å². The first-order valence-corrected chi connectivity index (χ1v) is 10.8. The normalized spacial score (nSPS) is 10.8. The van der Waals surface area contributed by atoms with Gasteiger partial charge in [-0.25, -0.2) is 9.97 Å². The Kier molecular flexibility index (Phi) is 8.05. The maximum atomic E-state index is 13.1. The van der Waals surface area contributed by atoms with E-state index in [1.165, 1.54) is 6.92 Å². The summed E-state index contributed by atoms with van der Waals surface area (Å²) in [5.74, 6) is 0.525. The molecule has 32 heavy (non-hydrogen) atoms. The number of amides is 1. The van der Waals surface area contributed by atoms with Crippen LogP contribution in [0.2, 0.25) is 0 Å². The van der Waals surface area contributed by atoms with Crippen LogP contribution in [-0.2, 0) is 0 Å². The van der Waals surface area contributed by atoms with Crippen LogP contribution in [0.4, 0.5) is 11.5 Å². The molecule has 0 saturated carbocycles. The van der Waals surface area contributed by atoms with Crippen LogP contribution >= 0.6 is 0 Å². The van der Waals surface area contributed by atoms with Gasteiger partial charge in [-0.15, -0.1) is 0 Å². The molecule has 0 bridgehead atoms. The second-order valence-electron chi connectivity index (χ2n) is 7.34. The van der Waals surface area contributed by atoms with Gasteiger partial charge in [0.1, 0.15) is 11.5 Å². The number of anilines is 2. The van der Waals surface area contributed by atoms with Crippen molar-refractivity contribution in [3.05, 3.63) is 71.9 Å². The predicted molar refractivity (Wildman–Crippen MR) is 128 cm³/mol. The number of ketones is 1. The molecule has 0 aliphatic heterocycles. The summed E-state index contributed by atoms with van der Waals surface area (Å²) < 4.78 is 0. The third kappa shape index (κ3) is 5.98. The van der Waals surface area contributed by atoms with Crippen LogP contribution < -0.4 is 10.6 Å². The number of Topliss-reactive ketones (excluding diaryl/α,β-unsaturated/α-hetero) is 1. The molecule has 0 aliphatic rings. The standard InChI is InChI=1S/C25H29N5O2/c1-4-30(5-2)16-15-26-23-17-22(27-24(29-23)19-11-7-6-8-12-19)25(32)28-21-14-10-9-13-20(21)18(3)31/h6-14,17H,4-5,15-16H2,1-3H3,(H,28,32)(H,26,27,29). The van der Waals surface area contributed by atoms with Gasteiger partial charge in [0.25, 0.3) is 5.91 Å². The number of carbonyl (C=O) groups is 2. The molecule has 166 valence electrons. The number of hydrogen-bond acceptors (Lipinski definition) is 6. The molecule has 2 N–H and O–H groups in total. The molecule has 7 nitrogen and oxygen atoms in total. The number of nitrogens with zero attached hydrogens (tertiary/aromatic N) is 3. The molecule has 0 saturated heterocycles. The Balaban J connectivity index is 1.88. The number of rotatable bonds is 10. The van der Waals surface area contributed by atoms with E-state index in [0.717, 1.165) is 25.2 Å². The van der Waals surface area contributed by atoms with Crippen molar-refractivity contribution in [2.75, 3.05) is 36.8 Å². The molecule has 1 aromatic heterocycles. The molecule has 3 rings (SSSR count). The molecule has 1 heterocycles. The van der Waals surface area contributed by atoms with Gasteiger partial charge < -0.3 is 15.5 Å². The summed E-state index contributed by atoms with van der Waals surface area (Å²) in [6, 6.07) is 18.1. The minimum atomic E-state index is -0.398. The van der Waals surface area contributed by atoms with E-state index in [-0.39, 0.29) is 11.5 Å². The van der Waals surface area contributed by atoms with E-state index < -0.39 is 5.91 Å². The maximum absolute atomic E-state index is 13.1. The topological polar surface area (TPSA) is 87.2 Å². The number of benzene rings is 2. The van der Waals surface area contributed by atoms with Crippen LogP contribution in [0.25, 0.3) is 11.4 Å². The van der Waals surface area contributed by atoms with Crippen LogP contribution in [0.5, 0.6) is 0 Å². The molecule has 2 aromatic carbocycles. The molecular weight excluding hydrogens is 402 g/mol. The fourth-order valence-corrected chi connectivity index (χ4v) is 3.34. The summed E-state index contributed by atoms with van der Waals surface area (Å²) >= 11 is 0. The summed E-state index contributed by atoms with van der Waals surface area (Å²) in [5, 5.41) is 6.14. The largest absolute Gasteiger partial charge is 0.369 e. The predicted octanol–water partition coefficient (Wildman–Crippen LogP) is 4.35. The Labute approximate surface area is 188 Å². The lowest BCUT2D eigenvalue weighted by molar-refractivity contribution is 0.101. The van der Waals surface area contributed by atoms with Gasteiger partial charge in [-0.2, -0.15) is 0 Å². The van der Waals surface area contributed by atoms with Crippen LogP contribution in [0, 0.1) is 0 Å².